The van der Waals surface area contributed by atoms with Crippen LogP contribution in [0.5, 0.6) is 11.5 Å². The summed E-state index contributed by atoms with van der Waals surface area (Å²) < 4.78 is 11.0. The van der Waals surface area contributed by atoms with E-state index in [1.54, 1.807) is 18.2 Å². The summed E-state index contributed by atoms with van der Waals surface area (Å²) in [7, 11) is 0. The molecule has 0 bridgehead atoms. The number of carbonyl (C=O) groups is 1. The largest absolute Gasteiger partial charge is 0.486 e. The number of carbonyl (C=O) groups excluding carboxylic acids is 1. The van der Waals surface area contributed by atoms with Gasteiger partial charge in [0.2, 0.25) is 0 Å². The van der Waals surface area contributed by atoms with Crippen LogP contribution in [0.3, 0.4) is 0 Å². The topological polar surface area (TPSA) is 62.6 Å². The Labute approximate surface area is 146 Å². The Kier molecular flexibility index (Phi) is 4.12. The van der Waals surface area contributed by atoms with Crippen LogP contribution in [0.4, 0.5) is 0 Å². The van der Waals surface area contributed by atoms with Crippen LogP contribution in [0.2, 0.25) is 0 Å². The van der Waals surface area contributed by atoms with Crippen molar-refractivity contribution in [2.24, 2.45) is 0 Å². The van der Waals surface area contributed by atoms with Gasteiger partial charge in [0.25, 0.3) is 0 Å². The molecule has 0 fully saturated rings. The number of ether oxygens (including phenoxy) is 2. The summed E-state index contributed by atoms with van der Waals surface area (Å²) >= 11 is 0. The van der Waals surface area contributed by atoms with Gasteiger partial charge in [-0.25, -0.2) is 0 Å². The van der Waals surface area contributed by atoms with E-state index in [0.29, 0.717) is 48.8 Å². The van der Waals surface area contributed by atoms with Gasteiger partial charge in [0, 0.05) is 31.6 Å². The van der Waals surface area contributed by atoms with Gasteiger partial charge in [-0.3, -0.25) is 9.69 Å². The highest BCUT2D eigenvalue weighted by Gasteiger charge is 2.21. The van der Waals surface area contributed by atoms with Gasteiger partial charge in [-0.15, -0.1) is 0 Å². The fraction of sp³-hybridized carbons (Fsp3) is 0.300. The van der Waals surface area contributed by atoms with Crippen molar-refractivity contribution in [2.75, 3.05) is 19.8 Å². The van der Waals surface area contributed by atoms with Crippen molar-refractivity contribution in [1.82, 2.24) is 4.90 Å². The molecule has 0 spiro atoms. The number of hydrogen-bond acceptors (Lipinski definition) is 5. The fourth-order valence-electron chi connectivity index (χ4n) is 3.31. The number of nitrogens with zero attached hydrogens (tertiary/aromatic N) is 2. The molecule has 0 saturated carbocycles. The van der Waals surface area contributed by atoms with Crippen molar-refractivity contribution >= 4 is 5.78 Å². The number of hydrogen-bond donors (Lipinski definition) is 0. The van der Waals surface area contributed by atoms with Gasteiger partial charge < -0.3 is 9.47 Å². The van der Waals surface area contributed by atoms with Crippen LogP contribution < -0.4 is 9.47 Å². The molecule has 2 aromatic rings. The van der Waals surface area contributed by atoms with Crippen LogP contribution >= 0.6 is 0 Å². The summed E-state index contributed by atoms with van der Waals surface area (Å²) in [6, 6.07) is 13.4. The molecule has 0 amide bonds. The van der Waals surface area contributed by atoms with Gasteiger partial charge in [-0.1, -0.05) is 6.07 Å². The van der Waals surface area contributed by atoms with Crippen LogP contribution in [0.1, 0.15) is 33.5 Å². The normalized spacial score (nSPS) is 15.5. The summed E-state index contributed by atoms with van der Waals surface area (Å²) in [5.74, 6) is 1.45. The number of ketones is 1. The average Bonchev–Trinajstić information content (AvgIpc) is 3.07. The minimum Gasteiger partial charge on any atom is -0.486 e. The van der Waals surface area contributed by atoms with Gasteiger partial charge in [0.05, 0.1) is 11.6 Å². The zero-order valence-corrected chi connectivity index (χ0v) is 13.8. The third-order valence-corrected chi connectivity index (χ3v) is 4.64. The van der Waals surface area contributed by atoms with Gasteiger partial charge in [0.15, 0.2) is 17.3 Å². The van der Waals surface area contributed by atoms with E-state index in [9.17, 15) is 4.79 Å². The maximum atomic E-state index is 12.5. The molecule has 0 atom stereocenters. The van der Waals surface area contributed by atoms with Crippen LogP contribution in [0, 0.1) is 11.3 Å². The van der Waals surface area contributed by atoms with Gasteiger partial charge in [-0.05, 0) is 41.5 Å². The second kappa shape index (κ2) is 6.58. The Hall–Kier alpha value is -2.84. The Morgan fingerprint density at radius 3 is 2.68 bits per heavy atom. The predicted molar refractivity (Wildman–Crippen MR) is 91.7 cm³/mol. The molecule has 2 aliphatic heterocycles. The molecule has 0 saturated heterocycles. The highest BCUT2D eigenvalue weighted by Crippen LogP contribution is 2.31. The molecule has 0 N–H and O–H groups in total. The Bertz CT molecular complexity index is 870. The first kappa shape index (κ1) is 15.7. The van der Waals surface area contributed by atoms with Crippen molar-refractivity contribution in [3.05, 3.63) is 58.7 Å². The molecular weight excluding hydrogens is 316 g/mol. The third kappa shape index (κ3) is 3.21. The van der Waals surface area contributed by atoms with Crippen molar-refractivity contribution < 1.29 is 14.3 Å². The molecule has 25 heavy (non-hydrogen) atoms. The highest BCUT2D eigenvalue weighted by atomic mass is 16.6. The number of benzene rings is 2. The van der Waals surface area contributed by atoms with E-state index in [4.69, 9.17) is 14.7 Å². The first-order valence-electron chi connectivity index (χ1n) is 8.40. The smallest absolute Gasteiger partial charge is 0.164 e. The van der Waals surface area contributed by atoms with Crippen LogP contribution in [-0.2, 0) is 13.1 Å². The minimum atomic E-state index is 0.102. The number of nitriles is 1. The summed E-state index contributed by atoms with van der Waals surface area (Å²) in [6.45, 7) is 3.38. The van der Waals surface area contributed by atoms with Crippen molar-refractivity contribution in [1.29, 1.82) is 5.26 Å². The van der Waals surface area contributed by atoms with E-state index in [1.165, 1.54) is 11.1 Å². The summed E-state index contributed by atoms with van der Waals surface area (Å²) in [4.78, 5) is 14.7. The highest BCUT2D eigenvalue weighted by molar-refractivity contribution is 5.96. The summed E-state index contributed by atoms with van der Waals surface area (Å²) in [5.41, 5.74) is 3.78. The van der Waals surface area contributed by atoms with Crippen molar-refractivity contribution in [2.45, 2.75) is 19.5 Å². The van der Waals surface area contributed by atoms with Gasteiger partial charge >= 0.3 is 0 Å². The van der Waals surface area contributed by atoms with E-state index in [2.05, 4.69) is 11.0 Å². The molecule has 4 rings (SSSR count). The average molecular weight is 334 g/mol. The summed E-state index contributed by atoms with van der Waals surface area (Å²) in [6.07, 6.45) is 0.457. The molecule has 0 unspecified atom stereocenters. The quantitative estimate of drug-likeness (QED) is 0.805. The first-order valence-corrected chi connectivity index (χ1v) is 8.40. The molecule has 126 valence electrons. The number of Topliss-reactive ketones (excluding diaryl/α,β-unsaturated/α-hetero) is 1. The van der Waals surface area contributed by atoms with Gasteiger partial charge in [0.1, 0.15) is 13.2 Å². The molecule has 2 aliphatic rings. The summed E-state index contributed by atoms with van der Waals surface area (Å²) in [5, 5.41) is 8.99. The standard InChI is InChI=1S/C20H18N2O3/c21-11-14-1-2-16-12-22(13-17(16)9-14)6-5-18(23)15-3-4-19-20(10-15)25-8-7-24-19/h1-4,9-10H,5-8,12-13H2. The zero-order valence-electron chi connectivity index (χ0n) is 13.8. The maximum Gasteiger partial charge on any atom is 0.164 e. The lowest BCUT2D eigenvalue weighted by Crippen LogP contribution is -2.20. The second-order valence-electron chi connectivity index (χ2n) is 6.34. The molecule has 0 radical (unpaired) electrons. The number of fused-ring (bicyclic) bond motifs is 2. The van der Waals surface area contributed by atoms with E-state index in [0.717, 1.165) is 13.1 Å². The molecule has 2 aromatic carbocycles. The zero-order chi connectivity index (χ0) is 17.2. The minimum absolute atomic E-state index is 0.102. The Morgan fingerprint density at radius 1 is 1.04 bits per heavy atom. The van der Waals surface area contributed by atoms with Crippen LogP contribution in [0.25, 0.3) is 0 Å². The van der Waals surface area contributed by atoms with E-state index in [-0.39, 0.29) is 5.78 Å². The maximum absolute atomic E-state index is 12.5. The lowest BCUT2D eigenvalue weighted by molar-refractivity contribution is 0.0962. The van der Waals surface area contributed by atoms with Gasteiger partial charge in [-0.2, -0.15) is 5.26 Å². The third-order valence-electron chi connectivity index (χ3n) is 4.64. The van der Waals surface area contributed by atoms with Crippen molar-refractivity contribution in [3.8, 4) is 17.6 Å². The Balaban J connectivity index is 1.37. The fourth-order valence-corrected chi connectivity index (χ4v) is 3.31. The second-order valence-corrected chi connectivity index (χ2v) is 6.34. The molecule has 0 aromatic heterocycles. The molecule has 2 heterocycles. The molecule has 0 aliphatic carbocycles. The van der Waals surface area contributed by atoms with Crippen LogP contribution in [-0.4, -0.2) is 30.4 Å². The van der Waals surface area contributed by atoms with E-state index in [1.807, 2.05) is 18.2 Å². The first-order chi connectivity index (χ1) is 12.2. The predicted octanol–water partition coefficient (Wildman–Crippen LogP) is 2.92. The molecular formula is C20H18N2O3. The molecule has 5 heteroatoms. The molecule has 5 nitrogen and oxygen atoms in total. The van der Waals surface area contributed by atoms with Crippen LogP contribution in [0.15, 0.2) is 36.4 Å². The number of rotatable bonds is 4. The monoisotopic (exact) mass is 334 g/mol. The van der Waals surface area contributed by atoms with Crippen molar-refractivity contribution in [3.63, 3.8) is 0 Å². The van der Waals surface area contributed by atoms with E-state index < -0.39 is 0 Å². The SMILES string of the molecule is N#Cc1ccc2c(c1)CN(CCC(=O)c1ccc3c(c1)OCCO3)C2. The lowest BCUT2D eigenvalue weighted by atomic mass is 10.1. The lowest BCUT2D eigenvalue weighted by Gasteiger charge is -2.19. The van der Waals surface area contributed by atoms with E-state index >= 15 is 0 Å². The Morgan fingerprint density at radius 2 is 1.84 bits per heavy atom.